The first-order valence-corrected chi connectivity index (χ1v) is 9.95. The minimum absolute atomic E-state index is 0.0560. The average Bonchev–Trinajstić information content (AvgIpc) is 3.10. The molecule has 0 saturated heterocycles. The minimum atomic E-state index is -0.718. The van der Waals surface area contributed by atoms with Crippen LogP contribution in [0.25, 0.3) is 0 Å². The van der Waals surface area contributed by atoms with E-state index < -0.39 is 6.10 Å². The van der Waals surface area contributed by atoms with Crippen LogP contribution >= 0.6 is 0 Å². The molecule has 4 rings (SSSR count). The number of fused-ring (bicyclic) bond motifs is 1. The van der Waals surface area contributed by atoms with Gasteiger partial charge in [0, 0.05) is 24.6 Å². The number of rotatable bonds is 4. The van der Waals surface area contributed by atoms with Crippen molar-refractivity contribution in [2.24, 2.45) is 0 Å². The Balaban J connectivity index is 1.51. The Morgan fingerprint density at radius 2 is 2.00 bits per heavy atom. The number of aromatic nitrogens is 2. The average molecular weight is 382 g/mol. The van der Waals surface area contributed by atoms with Gasteiger partial charge in [-0.05, 0) is 18.4 Å². The molecule has 1 fully saturated rings. The number of nitrogens with zero attached hydrogens (tertiary/aromatic N) is 2. The van der Waals surface area contributed by atoms with Crippen LogP contribution in [-0.2, 0) is 12.0 Å². The number of carbonyl (C=O) groups excluding carboxylic acids is 2. The number of β-amino-alcohol motifs (C(OH)–C–C–N with tert-alkyl or cyclic N) is 1. The lowest BCUT2D eigenvalue weighted by Crippen LogP contribution is -2.42. The summed E-state index contributed by atoms with van der Waals surface area (Å²) in [5.41, 5.74) is 1.72. The highest BCUT2D eigenvalue weighted by Crippen LogP contribution is 2.38. The summed E-state index contributed by atoms with van der Waals surface area (Å²) in [4.78, 5) is 24.9. The van der Waals surface area contributed by atoms with Gasteiger partial charge in [-0.3, -0.25) is 14.3 Å². The number of hydrogen-bond donors (Lipinski definition) is 3. The molecule has 1 aromatic heterocycles. The molecule has 2 heterocycles. The van der Waals surface area contributed by atoms with Crippen LogP contribution in [0.15, 0.2) is 36.4 Å². The Hall–Kier alpha value is -2.67. The number of aliphatic hydroxyl groups is 1. The van der Waals surface area contributed by atoms with Crippen molar-refractivity contribution in [1.29, 1.82) is 0 Å². The van der Waals surface area contributed by atoms with Gasteiger partial charge >= 0.3 is 0 Å². The van der Waals surface area contributed by atoms with Gasteiger partial charge < -0.3 is 15.7 Å². The van der Waals surface area contributed by atoms with E-state index >= 15 is 0 Å². The Morgan fingerprint density at radius 1 is 1.25 bits per heavy atom. The molecule has 0 spiro atoms. The van der Waals surface area contributed by atoms with Crippen LogP contribution in [0.2, 0.25) is 0 Å². The van der Waals surface area contributed by atoms with E-state index in [1.807, 2.05) is 18.2 Å². The van der Waals surface area contributed by atoms with Crippen molar-refractivity contribution in [2.75, 3.05) is 13.1 Å². The molecule has 1 aliphatic carbocycles. The predicted octanol–water partition coefficient (Wildman–Crippen LogP) is 1.62. The standard InChI is InChI=1S/C21H26N4O3/c26-16-12-22-20(28)18-11-17(24-25(18)13-16)19(27)23-14-21(9-5-2-6-10-21)15-7-3-1-4-8-15/h1,3-4,7-8,11,16,26H,2,5-6,9-10,12-14H2,(H,22,28)(H,23,27)/t16-/m1/s1. The third kappa shape index (κ3) is 3.67. The summed E-state index contributed by atoms with van der Waals surface area (Å²) in [7, 11) is 0. The van der Waals surface area contributed by atoms with Crippen molar-refractivity contribution in [1.82, 2.24) is 20.4 Å². The number of nitrogens with one attached hydrogen (secondary N) is 2. The molecule has 1 saturated carbocycles. The molecular weight excluding hydrogens is 356 g/mol. The Kier molecular flexibility index (Phi) is 5.17. The second-order valence-corrected chi connectivity index (χ2v) is 7.85. The first kappa shape index (κ1) is 18.7. The van der Waals surface area contributed by atoms with Crippen molar-refractivity contribution in [2.45, 2.75) is 50.2 Å². The zero-order chi connectivity index (χ0) is 19.6. The second-order valence-electron chi connectivity index (χ2n) is 7.85. The van der Waals surface area contributed by atoms with E-state index in [0.717, 1.165) is 25.7 Å². The molecule has 1 aliphatic heterocycles. The molecule has 2 aliphatic rings. The van der Waals surface area contributed by atoms with Crippen LogP contribution in [0.3, 0.4) is 0 Å². The molecule has 2 amide bonds. The second kappa shape index (κ2) is 7.75. The van der Waals surface area contributed by atoms with Crippen molar-refractivity contribution >= 4 is 11.8 Å². The quantitative estimate of drug-likeness (QED) is 0.749. The maximum atomic E-state index is 12.8. The Bertz CT molecular complexity index is 856. The molecule has 148 valence electrons. The topological polar surface area (TPSA) is 96.2 Å². The van der Waals surface area contributed by atoms with E-state index in [-0.39, 0.29) is 36.0 Å². The summed E-state index contributed by atoms with van der Waals surface area (Å²) in [6.45, 7) is 0.922. The Morgan fingerprint density at radius 3 is 2.75 bits per heavy atom. The lowest BCUT2D eigenvalue weighted by Gasteiger charge is -2.38. The van der Waals surface area contributed by atoms with Gasteiger partial charge in [-0.25, -0.2) is 0 Å². The minimum Gasteiger partial charge on any atom is -0.389 e. The molecular formula is C21H26N4O3. The number of benzene rings is 1. The van der Waals surface area contributed by atoms with Crippen LogP contribution in [-0.4, -0.2) is 45.9 Å². The molecule has 1 aromatic carbocycles. The third-order valence-electron chi connectivity index (χ3n) is 5.91. The number of amides is 2. The van der Waals surface area contributed by atoms with Gasteiger partial charge in [0.1, 0.15) is 5.69 Å². The monoisotopic (exact) mass is 382 g/mol. The molecule has 7 heteroatoms. The highest BCUT2D eigenvalue weighted by Gasteiger charge is 2.34. The fraction of sp³-hybridized carbons (Fsp3) is 0.476. The maximum Gasteiger partial charge on any atom is 0.271 e. The van der Waals surface area contributed by atoms with E-state index in [2.05, 4.69) is 27.9 Å². The van der Waals surface area contributed by atoms with Gasteiger partial charge in [0.25, 0.3) is 11.8 Å². The Labute approximate surface area is 164 Å². The smallest absolute Gasteiger partial charge is 0.271 e. The molecule has 0 bridgehead atoms. The van der Waals surface area contributed by atoms with E-state index in [4.69, 9.17) is 0 Å². The van der Waals surface area contributed by atoms with Gasteiger partial charge in [0.05, 0.1) is 12.6 Å². The summed E-state index contributed by atoms with van der Waals surface area (Å²) in [5, 5.41) is 19.8. The van der Waals surface area contributed by atoms with Gasteiger partial charge in [-0.15, -0.1) is 0 Å². The van der Waals surface area contributed by atoms with Gasteiger partial charge in [0.15, 0.2) is 5.69 Å². The first-order valence-electron chi connectivity index (χ1n) is 9.95. The van der Waals surface area contributed by atoms with Crippen LogP contribution in [0, 0.1) is 0 Å². The first-order chi connectivity index (χ1) is 13.6. The summed E-state index contributed by atoms with van der Waals surface area (Å²) < 4.78 is 1.41. The SMILES string of the molecule is O=C(NCC1(c2ccccc2)CCCCC1)c1cc2n(n1)C[C@H](O)CNC2=O. The van der Waals surface area contributed by atoms with Crippen molar-refractivity contribution in [3.63, 3.8) is 0 Å². The van der Waals surface area contributed by atoms with Crippen molar-refractivity contribution in [3.8, 4) is 0 Å². The predicted molar refractivity (Wildman–Crippen MR) is 104 cm³/mol. The highest BCUT2D eigenvalue weighted by molar-refractivity contribution is 5.98. The van der Waals surface area contributed by atoms with E-state index in [1.165, 1.54) is 22.7 Å². The molecule has 2 aromatic rings. The van der Waals surface area contributed by atoms with Crippen LogP contribution in [0.1, 0.15) is 58.6 Å². The zero-order valence-corrected chi connectivity index (χ0v) is 15.9. The van der Waals surface area contributed by atoms with Crippen molar-refractivity contribution < 1.29 is 14.7 Å². The molecule has 0 unspecified atom stereocenters. The molecule has 28 heavy (non-hydrogen) atoms. The van der Waals surface area contributed by atoms with Crippen LogP contribution < -0.4 is 10.6 Å². The lowest BCUT2D eigenvalue weighted by atomic mass is 9.69. The molecule has 3 N–H and O–H groups in total. The summed E-state index contributed by atoms with van der Waals surface area (Å²) in [6.07, 6.45) is 4.92. The number of aliphatic hydroxyl groups excluding tert-OH is 1. The number of hydrogen-bond acceptors (Lipinski definition) is 4. The highest BCUT2D eigenvalue weighted by atomic mass is 16.3. The van der Waals surface area contributed by atoms with Crippen molar-refractivity contribution in [3.05, 3.63) is 53.3 Å². The van der Waals surface area contributed by atoms with Crippen LogP contribution in [0.5, 0.6) is 0 Å². The van der Waals surface area contributed by atoms with Crippen LogP contribution in [0.4, 0.5) is 0 Å². The van der Waals surface area contributed by atoms with E-state index in [9.17, 15) is 14.7 Å². The summed E-state index contributed by atoms with van der Waals surface area (Å²) in [5.74, 6) is -0.611. The fourth-order valence-electron chi connectivity index (χ4n) is 4.34. The van der Waals surface area contributed by atoms with Gasteiger partial charge in [-0.2, -0.15) is 5.10 Å². The fourth-order valence-corrected chi connectivity index (χ4v) is 4.34. The summed E-state index contributed by atoms with van der Waals surface area (Å²) in [6, 6.07) is 11.9. The maximum absolute atomic E-state index is 12.8. The van der Waals surface area contributed by atoms with E-state index in [1.54, 1.807) is 0 Å². The van der Waals surface area contributed by atoms with Gasteiger partial charge in [0.2, 0.25) is 0 Å². The lowest BCUT2D eigenvalue weighted by molar-refractivity contribution is 0.0929. The largest absolute Gasteiger partial charge is 0.389 e. The molecule has 1 atom stereocenters. The normalized spacial score (nSPS) is 21.3. The third-order valence-corrected chi connectivity index (χ3v) is 5.91. The number of carbonyl (C=O) groups is 2. The van der Waals surface area contributed by atoms with Gasteiger partial charge in [-0.1, -0.05) is 49.6 Å². The molecule has 0 radical (unpaired) electrons. The van der Waals surface area contributed by atoms with E-state index in [0.29, 0.717) is 12.2 Å². The molecule has 7 nitrogen and oxygen atoms in total. The summed E-state index contributed by atoms with van der Waals surface area (Å²) >= 11 is 0. The zero-order valence-electron chi connectivity index (χ0n) is 15.9.